The first-order chi connectivity index (χ1) is 12.3. The second-order valence-electron chi connectivity index (χ2n) is 6.71. The molecule has 1 aromatic rings. The SMILES string of the molecule is CC(=O)NCC1CN(c2ccc(C3CCC(=O)C(O)C3)c(F)c2)C(=O)O1. The van der Waals surface area contributed by atoms with E-state index in [1.165, 1.54) is 17.9 Å². The van der Waals surface area contributed by atoms with E-state index >= 15 is 0 Å². The molecule has 1 saturated carbocycles. The van der Waals surface area contributed by atoms with Crippen molar-refractivity contribution >= 4 is 23.5 Å². The molecule has 1 saturated heterocycles. The monoisotopic (exact) mass is 364 g/mol. The number of amides is 2. The molecule has 7 nitrogen and oxygen atoms in total. The van der Waals surface area contributed by atoms with Gasteiger partial charge in [-0.1, -0.05) is 6.07 Å². The van der Waals surface area contributed by atoms with Crippen molar-refractivity contribution in [2.45, 2.75) is 44.3 Å². The second-order valence-corrected chi connectivity index (χ2v) is 6.71. The molecule has 1 heterocycles. The Kier molecular flexibility index (Phi) is 5.22. The number of anilines is 1. The average Bonchev–Trinajstić information content (AvgIpc) is 2.96. The molecule has 0 aromatic heterocycles. The molecule has 26 heavy (non-hydrogen) atoms. The van der Waals surface area contributed by atoms with Crippen molar-refractivity contribution in [3.05, 3.63) is 29.6 Å². The summed E-state index contributed by atoms with van der Waals surface area (Å²) in [6.45, 7) is 1.79. The smallest absolute Gasteiger partial charge is 0.414 e. The van der Waals surface area contributed by atoms with Gasteiger partial charge in [0.15, 0.2) is 5.78 Å². The van der Waals surface area contributed by atoms with E-state index < -0.39 is 24.1 Å². The molecule has 0 bridgehead atoms. The van der Waals surface area contributed by atoms with Gasteiger partial charge >= 0.3 is 6.09 Å². The quantitative estimate of drug-likeness (QED) is 0.844. The highest BCUT2D eigenvalue weighted by molar-refractivity contribution is 5.90. The van der Waals surface area contributed by atoms with Crippen LogP contribution >= 0.6 is 0 Å². The molecule has 1 aliphatic heterocycles. The van der Waals surface area contributed by atoms with Gasteiger partial charge in [-0.2, -0.15) is 0 Å². The Labute approximate surface area is 150 Å². The summed E-state index contributed by atoms with van der Waals surface area (Å²) in [6, 6.07) is 4.48. The zero-order chi connectivity index (χ0) is 18.8. The molecule has 2 amide bonds. The van der Waals surface area contributed by atoms with E-state index in [0.717, 1.165) is 0 Å². The van der Waals surface area contributed by atoms with Gasteiger partial charge in [-0.3, -0.25) is 14.5 Å². The molecule has 0 spiro atoms. The van der Waals surface area contributed by atoms with Gasteiger partial charge in [-0.05, 0) is 36.5 Å². The van der Waals surface area contributed by atoms with Crippen LogP contribution in [0.4, 0.5) is 14.9 Å². The number of nitrogens with zero attached hydrogens (tertiary/aromatic N) is 1. The lowest BCUT2D eigenvalue weighted by molar-refractivity contribution is -0.129. The number of aliphatic hydroxyl groups is 1. The number of Topliss-reactive ketones (excluding diaryl/α,β-unsaturated/α-hetero) is 1. The van der Waals surface area contributed by atoms with Gasteiger partial charge < -0.3 is 15.2 Å². The van der Waals surface area contributed by atoms with Crippen LogP contribution in [0.2, 0.25) is 0 Å². The topological polar surface area (TPSA) is 95.9 Å². The number of aliphatic hydroxyl groups excluding tert-OH is 1. The minimum absolute atomic E-state index is 0.201. The van der Waals surface area contributed by atoms with Crippen LogP contribution in [0.25, 0.3) is 0 Å². The van der Waals surface area contributed by atoms with Crippen LogP contribution in [0.5, 0.6) is 0 Å². The number of hydrogen-bond acceptors (Lipinski definition) is 5. The molecule has 2 N–H and O–H groups in total. The van der Waals surface area contributed by atoms with Crippen LogP contribution in [-0.4, -0.2) is 48.2 Å². The molecule has 8 heteroatoms. The highest BCUT2D eigenvalue weighted by Crippen LogP contribution is 2.34. The predicted octanol–water partition coefficient (Wildman–Crippen LogP) is 1.48. The van der Waals surface area contributed by atoms with E-state index in [4.69, 9.17) is 4.74 Å². The summed E-state index contributed by atoms with van der Waals surface area (Å²) in [7, 11) is 0. The van der Waals surface area contributed by atoms with E-state index in [1.54, 1.807) is 12.1 Å². The number of halogens is 1. The largest absolute Gasteiger partial charge is 0.442 e. The van der Waals surface area contributed by atoms with Crippen LogP contribution in [0.1, 0.15) is 37.7 Å². The first kappa shape index (κ1) is 18.3. The van der Waals surface area contributed by atoms with E-state index in [-0.39, 0.29) is 43.5 Å². The molecular weight excluding hydrogens is 343 g/mol. The Balaban J connectivity index is 1.70. The van der Waals surface area contributed by atoms with Crippen LogP contribution in [0.3, 0.4) is 0 Å². The van der Waals surface area contributed by atoms with Crippen molar-refractivity contribution in [1.29, 1.82) is 0 Å². The van der Waals surface area contributed by atoms with E-state index in [1.807, 2.05) is 0 Å². The molecule has 3 unspecified atom stereocenters. The van der Waals surface area contributed by atoms with Gasteiger partial charge in [0.1, 0.15) is 18.0 Å². The molecule has 3 rings (SSSR count). The summed E-state index contributed by atoms with van der Waals surface area (Å²) >= 11 is 0. The maximum Gasteiger partial charge on any atom is 0.414 e. The fourth-order valence-electron chi connectivity index (χ4n) is 3.40. The molecule has 140 valence electrons. The highest BCUT2D eigenvalue weighted by Gasteiger charge is 2.34. The Morgan fingerprint density at radius 2 is 2.19 bits per heavy atom. The van der Waals surface area contributed by atoms with Crippen molar-refractivity contribution in [2.75, 3.05) is 18.0 Å². The van der Waals surface area contributed by atoms with Gasteiger partial charge in [0.2, 0.25) is 5.91 Å². The van der Waals surface area contributed by atoms with Crippen LogP contribution < -0.4 is 10.2 Å². The predicted molar refractivity (Wildman–Crippen MR) is 90.3 cm³/mol. The molecule has 2 fully saturated rings. The first-order valence-corrected chi connectivity index (χ1v) is 8.58. The number of hydrogen-bond donors (Lipinski definition) is 2. The number of carbonyl (C=O) groups is 3. The van der Waals surface area contributed by atoms with Crippen molar-refractivity contribution in [3.63, 3.8) is 0 Å². The van der Waals surface area contributed by atoms with Crippen LogP contribution in [0.15, 0.2) is 18.2 Å². The Bertz CT molecular complexity index is 738. The first-order valence-electron chi connectivity index (χ1n) is 8.58. The Morgan fingerprint density at radius 3 is 2.85 bits per heavy atom. The van der Waals surface area contributed by atoms with Crippen LogP contribution in [0, 0.1) is 5.82 Å². The molecule has 2 aliphatic rings. The third-order valence-corrected chi connectivity index (χ3v) is 4.81. The van der Waals surface area contributed by atoms with E-state index in [9.17, 15) is 23.9 Å². The molecular formula is C18H21FN2O5. The van der Waals surface area contributed by atoms with Crippen LogP contribution in [-0.2, 0) is 14.3 Å². The lowest BCUT2D eigenvalue weighted by Crippen LogP contribution is -2.33. The Hall–Kier alpha value is -2.48. The minimum atomic E-state index is -1.05. The lowest BCUT2D eigenvalue weighted by atomic mass is 9.81. The minimum Gasteiger partial charge on any atom is -0.442 e. The van der Waals surface area contributed by atoms with Gasteiger partial charge in [0.05, 0.1) is 18.8 Å². The Morgan fingerprint density at radius 1 is 1.42 bits per heavy atom. The van der Waals surface area contributed by atoms with E-state index in [2.05, 4.69) is 5.32 Å². The molecule has 0 radical (unpaired) electrons. The van der Waals surface area contributed by atoms with Crippen molar-refractivity contribution in [3.8, 4) is 0 Å². The fourth-order valence-corrected chi connectivity index (χ4v) is 3.40. The maximum absolute atomic E-state index is 14.6. The van der Waals surface area contributed by atoms with Crippen molar-refractivity contribution in [1.82, 2.24) is 5.32 Å². The summed E-state index contributed by atoms with van der Waals surface area (Å²) in [5, 5.41) is 12.3. The number of carbonyl (C=O) groups excluding carboxylic acids is 3. The third-order valence-electron chi connectivity index (χ3n) is 4.81. The maximum atomic E-state index is 14.6. The van der Waals surface area contributed by atoms with Gasteiger partial charge in [-0.15, -0.1) is 0 Å². The lowest BCUT2D eigenvalue weighted by Gasteiger charge is -2.26. The number of cyclic esters (lactones) is 1. The molecule has 1 aromatic carbocycles. The summed E-state index contributed by atoms with van der Waals surface area (Å²) in [5.74, 6) is -1.13. The third kappa shape index (κ3) is 3.85. The van der Waals surface area contributed by atoms with Crippen molar-refractivity contribution < 1.29 is 28.6 Å². The number of ketones is 1. The zero-order valence-electron chi connectivity index (χ0n) is 14.4. The number of ether oxygens (including phenoxy) is 1. The van der Waals surface area contributed by atoms with Gasteiger partial charge in [0, 0.05) is 13.3 Å². The van der Waals surface area contributed by atoms with Gasteiger partial charge in [0.25, 0.3) is 0 Å². The summed E-state index contributed by atoms with van der Waals surface area (Å²) in [6.07, 6.45) is -1.19. The number of benzene rings is 1. The number of rotatable bonds is 4. The zero-order valence-corrected chi connectivity index (χ0v) is 14.4. The summed E-state index contributed by atoms with van der Waals surface area (Å²) < 4.78 is 19.8. The fraction of sp³-hybridized carbons (Fsp3) is 0.500. The second kappa shape index (κ2) is 7.41. The highest BCUT2D eigenvalue weighted by atomic mass is 19.1. The molecule has 1 aliphatic carbocycles. The molecule has 3 atom stereocenters. The average molecular weight is 364 g/mol. The summed E-state index contributed by atoms with van der Waals surface area (Å²) in [4.78, 5) is 35.7. The van der Waals surface area contributed by atoms with Crippen molar-refractivity contribution in [2.24, 2.45) is 0 Å². The standard InChI is InChI=1S/C18H21FN2O5/c1-10(22)20-8-13-9-21(18(25)26-13)12-3-4-14(15(19)7-12)11-2-5-16(23)17(24)6-11/h3-4,7,11,13,17,24H,2,5-6,8-9H2,1H3,(H,20,22). The van der Waals surface area contributed by atoms with Gasteiger partial charge in [-0.25, -0.2) is 9.18 Å². The normalized spacial score (nSPS) is 26.0. The number of nitrogens with one attached hydrogen (secondary N) is 1. The summed E-state index contributed by atoms with van der Waals surface area (Å²) in [5.41, 5.74) is 0.802. The van der Waals surface area contributed by atoms with E-state index in [0.29, 0.717) is 17.7 Å².